The Hall–Kier alpha value is -8.94. The SMILES string of the molecule is C=CC(=O)OCCOc1ccc(C(=O)O)cc1.[C-]#[N+]c1ccc(-c2ccc(O)cc2)cc1.[C-]#[N+]c1ccc(-c2ccc(OC(=O)c3ccc(OCCOC(=O)C=C)cc3)cc2)cc1. The second kappa shape index (κ2) is 24.9. The summed E-state index contributed by atoms with van der Waals surface area (Å²) in [4.78, 5) is 51.3. The molecule has 0 unspecified atom stereocenters. The van der Waals surface area contributed by atoms with Crippen molar-refractivity contribution >= 4 is 35.3 Å². The second-order valence-electron chi connectivity index (χ2n) is 12.6. The lowest BCUT2D eigenvalue weighted by Gasteiger charge is -2.08. The highest BCUT2D eigenvalue weighted by molar-refractivity contribution is 5.91. The Labute approximate surface area is 363 Å². The Morgan fingerprint density at radius 3 is 1.21 bits per heavy atom. The Kier molecular flexibility index (Phi) is 18.4. The average Bonchev–Trinajstić information content (AvgIpc) is 3.33. The van der Waals surface area contributed by atoms with E-state index in [0.29, 0.717) is 34.2 Å². The highest BCUT2D eigenvalue weighted by atomic mass is 16.6. The van der Waals surface area contributed by atoms with Crippen LogP contribution in [0.25, 0.3) is 31.9 Å². The molecule has 2 N–H and O–H groups in total. The molecule has 63 heavy (non-hydrogen) atoms. The van der Waals surface area contributed by atoms with E-state index in [2.05, 4.69) is 22.8 Å². The van der Waals surface area contributed by atoms with Gasteiger partial charge in [-0.25, -0.2) is 28.9 Å². The fourth-order valence-electron chi connectivity index (χ4n) is 5.09. The first-order chi connectivity index (χ1) is 30.5. The van der Waals surface area contributed by atoms with E-state index >= 15 is 0 Å². The molecule has 6 aromatic rings. The number of ether oxygens (including phenoxy) is 5. The monoisotopic (exact) mass is 844 g/mol. The van der Waals surface area contributed by atoms with E-state index in [0.717, 1.165) is 34.4 Å². The van der Waals surface area contributed by atoms with E-state index in [4.69, 9.17) is 47.0 Å². The van der Waals surface area contributed by atoms with Crippen LogP contribution >= 0.6 is 0 Å². The van der Waals surface area contributed by atoms with Crippen molar-refractivity contribution in [1.82, 2.24) is 0 Å². The minimum absolute atomic E-state index is 0.106. The average molecular weight is 845 g/mol. The summed E-state index contributed by atoms with van der Waals surface area (Å²) in [7, 11) is 0. The molecule has 0 aliphatic carbocycles. The molecule has 13 heteroatoms. The van der Waals surface area contributed by atoms with Gasteiger partial charge in [-0.15, -0.1) is 0 Å². The van der Waals surface area contributed by atoms with Crippen LogP contribution in [0, 0.1) is 13.1 Å². The maximum absolute atomic E-state index is 12.4. The standard InChI is InChI=1S/C25H19NO5.C13H9NO.C12H12O5/c1-3-24(27)30-17-16-29-22-12-8-20(9-13-22)25(28)31-23-14-6-19(7-15-23)18-4-10-21(26-2)11-5-18;1-14-12-6-2-10(3-7-12)11-4-8-13(15)9-5-11;1-2-11(13)17-8-7-16-10-5-3-9(4-6-10)12(14)15/h3-15H,1,16-17H2;2-9,15H;2-6H,1,7-8H2,(H,14,15). The minimum atomic E-state index is -0.989. The van der Waals surface area contributed by atoms with Crippen LogP contribution in [0.3, 0.4) is 0 Å². The Bertz CT molecular complexity index is 2540. The number of hydrogen-bond donors (Lipinski definition) is 2. The number of rotatable bonds is 15. The Balaban J connectivity index is 0.000000229. The molecule has 0 aromatic heterocycles. The number of carbonyl (C=O) groups is 4. The molecule has 0 radical (unpaired) electrons. The fourth-order valence-corrected chi connectivity index (χ4v) is 5.09. The zero-order chi connectivity index (χ0) is 45.4. The van der Waals surface area contributed by atoms with E-state index in [1.165, 1.54) is 12.1 Å². The number of nitrogens with zero attached hydrogens (tertiary/aromatic N) is 2. The number of aromatic carboxylic acids is 1. The van der Waals surface area contributed by atoms with E-state index in [1.807, 2.05) is 48.5 Å². The van der Waals surface area contributed by atoms with Gasteiger partial charge < -0.3 is 33.9 Å². The summed E-state index contributed by atoms with van der Waals surface area (Å²) >= 11 is 0. The maximum Gasteiger partial charge on any atom is 0.343 e. The molecular weight excluding hydrogens is 805 g/mol. The minimum Gasteiger partial charge on any atom is -0.508 e. The predicted molar refractivity (Wildman–Crippen MR) is 236 cm³/mol. The first kappa shape index (κ1) is 46.7. The quantitative estimate of drug-likeness (QED) is 0.0332. The largest absolute Gasteiger partial charge is 0.508 e. The van der Waals surface area contributed by atoms with Gasteiger partial charge in [-0.05, 0) is 95.1 Å². The highest BCUT2D eigenvalue weighted by Gasteiger charge is 2.10. The van der Waals surface area contributed by atoms with Crippen molar-refractivity contribution in [3.05, 3.63) is 205 Å². The Morgan fingerprint density at radius 1 is 0.492 bits per heavy atom. The first-order valence-electron chi connectivity index (χ1n) is 18.9. The van der Waals surface area contributed by atoms with E-state index < -0.39 is 23.9 Å². The number of phenolic OH excluding ortho intramolecular Hbond substituents is 1. The van der Waals surface area contributed by atoms with Crippen molar-refractivity contribution in [1.29, 1.82) is 0 Å². The van der Waals surface area contributed by atoms with Crippen molar-refractivity contribution in [2.75, 3.05) is 26.4 Å². The van der Waals surface area contributed by atoms with E-state index in [9.17, 15) is 19.2 Å². The van der Waals surface area contributed by atoms with Crippen LogP contribution in [0.5, 0.6) is 23.0 Å². The number of carboxylic acids is 1. The molecule has 0 heterocycles. The topological polar surface area (TPSA) is 164 Å². The lowest BCUT2D eigenvalue weighted by Crippen LogP contribution is -2.11. The van der Waals surface area contributed by atoms with Gasteiger partial charge in [-0.1, -0.05) is 86.0 Å². The van der Waals surface area contributed by atoms with Crippen molar-refractivity contribution in [2.24, 2.45) is 0 Å². The van der Waals surface area contributed by atoms with Crippen molar-refractivity contribution in [3.8, 4) is 45.3 Å². The predicted octanol–water partition coefficient (Wildman–Crippen LogP) is 10.3. The molecule has 0 spiro atoms. The Morgan fingerprint density at radius 2 is 0.841 bits per heavy atom. The van der Waals surface area contributed by atoms with Gasteiger partial charge >= 0.3 is 23.9 Å². The normalized spacial score (nSPS) is 9.68. The summed E-state index contributed by atoms with van der Waals surface area (Å²) in [5.74, 6) is -0.739. The van der Waals surface area contributed by atoms with Gasteiger partial charge in [0.1, 0.15) is 49.4 Å². The lowest BCUT2D eigenvalue weighted by molar-refractivity contribution is -0.139. The van der Waals surface area contributed by atoms with Crippen LogP contribution in [-0.2, 0) is 19.1 Å². The van der Waals surface area contributed by atoms with Gasteiger partial charge in [0.05, 0.1) is 24.3 Å². The van der Waals surface area contributed by atoms with Gasteiger partial charge in [-0.3, -0.25) is 0 Å². The summed E-state index contributed by atoms with van der Waals surface area (Å²) in [5.41, 5.74) is 5.79. The van der Waals surface area contributed by atoms with Crippen molar-refractivity contribution in [3.63, 3.8) is 0 Å². The molecule has 0 fully saturated rings. The molecule has 316 valence electrons. The van der Waals surface area contributed by atoms with Gasteiger partial charge in [-0.2, -0.15) is 0 Å². The first-order valence-corrected chi connectivity index (χ1v) is 18.9. The summed E-state index contributed by atoms with van der Waals surface area (Å²) < 4.78 is 25.6. The van der Waals surface area contributed by atoms with Crippen molar-refractivity contribution in [2.45, 2.75) is 0 Å². The molecule has 0 saturated carbocycles. The number of benzene rings is 6. The molecule has 0 bridgehead atoms. The number of hydrogen-bond acceptors (Lipinski definition) is 10. The summed E-state index contributed by atoms with van der Waals surface area (Å²) in [5, 5.41) is 17.8. The fraction of sp³-hybridized carbons (Fsp3) is 0.0800. The van der Waals surface area contributed by atoms with E-state index in [-0.39, 0.29) is 37.7 Å². The maximum atomic E-state index is 12.4. The number of carbonyl (C=O) groups excluding carboxylic acids is 3. The van der Waals surface area contributed by atoms with E-state index in [1.54, 1.807) is 84.9 Å². The number of aromatic hydroxyl groups is 1. The highest BCUT2D eigenvalue weighted by Crippen LogP contribution is 2.26. The zero-order valence-electron chi connectivity index (χ0n) is 33.7. The summed E-state index contributed by atoms with van der Waals surface area (Å²) in [6.07, 6.45) is 2.16. The van der Waals surface area contributed by atoms with Crippen LogP contribution in [0.15, 0.2) is 171 Å². The molecule has 0 saturated heterocycles. The van der Waals surface area contributed by atoms with Gasteiger partial charge in [0, 0.05) is 12.2 Å². The van der Waals surface area contributed by atoms with Crippen molar-refractivity contribution < 1.29 is 53.1 Å². The molecule has 6 aromatic carbocycles. The summed E-state index contributed by atoms with van der Waals surface area (Å²) in [6.45, 7) is 21.0. The van der Waals surface area contributed by atoms with Gasteiger partial charge in [0.2, 0.25) is 0 Å². The van der Waals surface area contributed by atoms with Crippen LogP contribution in [0.4, 0.5) is 11.4 Å². The van der Waals surface area contributed by atoms with Crippen LogP contribution in [0.2, 0.25) is 0 Å². The lowest BCUT2D eigenvalue weighted by atomic mass is 10.1. The molecule has 0 aliphatic rings. The molecule has 0 aliphatic heterocycles. The molecule has 13 nitrogen and oxygen atoms in total. The molecule has 0 atom stereocenters. The number of esters is 3. The zero-order valence-corrected chi connectivity index (χ0v) is 33.7. The van der Waals surface area contributed by atoms with Crippen LogP contribution < -0.4 is 14.2 Å². The second-order valence-corrected chi connectivity index (χ2v) is 12.6. The third kappa shape index (κ3) is 16.0. The summed E-state index contributed by atoms with van der Waals surface area (Å²) in [6, 6.07) is 41.2. The third-order valence-corrected chi connectivity index (χ3v) is 8.31. The van der Waals surface area contributed by atoms with Gasteiger partial charge in [0.15, 0.2) is 11.4 Å². The molecular formula is C50H40N2O11. The molecule has 6 rings (SSSR count). The smallest absolute Gasteiger partial charge is 0.343 e. The number of phenols is 1. The molecule has 0 amide bonds. The van der Waals surface area contributed by atoms with Gasteiger partial charge in [0.25, 0.3) is 0 Å². The van der Waals surface area contributed by atoms with Crippen LogP contribution in [0.1, 0.15) is 20.7 Å². The third-order valence-electron chi connectivity index (χ3n) is 8.31. The van der Waals surface area contributed by atoms with Crippen LogP contribution in [-0.4, -0.2) is 60.5 Å². The number of carboxylic acid groups (broad SMARTS) is 1.